The van der Waals surface area contributed by atoms with Gasteiger partial charge >= 0.3 is 0 Å². The zero-order valence-electron chi connectivity index (χ0n) is 33.4. The summed E-state index contributed by atoms with van der Waals surface area (Å²) in [6, 6.07) is 6.52. The number of ether oxygens (including phenoxy) is 3. The van der Waals surface area contributed by atoms with Crippen LogP contribution in [0, 0.1) is 23.7 Å². The monoisotopic (exact) mass is 731 g/mol. The molecule has 1 fully saturated rings. The summed E-state index contributed by atoms with van der Waals surface area (Å²) in [4.78, 5) is 70.9. The van der Waals surface area contributed by atoms with Crippen molar-refractivity contribution in [2.75, 3.05) is 48.5 Å². The summed E-state index contributed by atoms with van der Waals surface area (Å²) in [5, 5.41) is 8.75. The summed E-state index contributed by atoms with van der Waals surface area (Å²) in [7, 11) is 8.06. The van der Waals surface area contributed by atoms with Gasteiger partial charge in [-0.3, -0.25) is 24.0 Å². The second kappa shape index (κ2) is 21.3. The number of nitrogens with one attached hydrogen (secondary N) is 3. The molecule has 0 aliphatic carbocycles. The summed E-state index contributed by atoms with van der Waals surface area (Å²) in [6.45, 7) is 13.6. The molecule has 1 saturated heterocycles. The van der Waals surface area contributed by atoms with Gasteiger partial charge in [0.15, 0.2) is 5.78 Å². The van der Waals surface area contributed by atoms with Crippen molar-refractivity contribution in [3.63, 3.8) is 0 Å². The van der Waals surface area contributed by atoms with Crippen LogP contribution in [0.5, 0.6) is 0 Å². The van der Waals surface area contributed by atoms with Gasteiger partial charge in [0.25, 0.3) is 0 Å². The van der Waals surface area contributed by atoms with Crippen LogP contribution in [0.1, 0.15) is 78.1 Å². The Morgan fingerprint density at radius 2 is 1.52 bits per heavy atom. The van der Waals surface area contributed by atoms with E-state index in [0.29, 0.717) is 24.9 Å². The number of likely N-dealkylation sites (tertiary alicyclic amines) is 1. The van der Waals surface area contributed by atoms with E-state index < -0.39 is 42.3 Å². The van der Waals surface area contributed by atoms with E-state index in [1.54, 1.807) is 62.2 Å². The molecule has 0 radical (unpaired) electrons. The average Bonchev–Trinajstić information content (AvgIpc) is 3.56. The van der Waals surface area contributed by atoms with E-state index in [2.05, 4.69) is 16.0 Å². The second-order valence-corrected chi connectivity index (χ2v) is 14.7. The molecule has 4 amide bonds. The van der Waals surface area contributed by atoms with Crippen molar-refractivity contribution in [3.8, 4) is 0 Å². The molecule has 294 valence electrons. The summed E-state index contributed by atoms with van der Waals surface area (Å²) in [5.74, 6) is -2.22. The summed E-state index contributed by atoms with van der Waals surface area (Å²) >= 11 is 0. The summed E-state index contributed by atoms with van der Waals surface area (Å²) in [5.41, 5.74) is 0.503. The van der Waals surface area contributed by atoms with Gasteiger partial charge in [-0.25, -0.2) is 0 Å². The number of carbonyl (C=O) groups excluding carboxylic acids is 5. The molecule has 13 heteroatoms. The van der Waals surface area contributed by atoms with Gasteiger partial charge in [0.1, 0.15) is 6.04 Å². The van der Waals surface area contributed by atoms with Crippen LogP contribution in [-0.4, -0.2) is 130 Å². The number of Topliss-reactive ketones (excluding diaryl/α,β-unsaturated/α-hetero) is 1. The average molecular weight is 732 g/mol. The number of likely N-dealkylation sites (N-methyl/N-ethyl adjacent to an activating group) is 2. The minimum Gasteiger partial charge on any atom is -0.380 e. The molecule has 0 aromatic heterocycles. The highest BCUT2D eigenvalue weighted by Crippen LogP contribution is 2.31. The van der Waals surface area contributed by atoms with Gasteiger partial charge in [-0.1, -0.05) is 85.2 Å². The maximum Gasteiger partial charge on any atom is 0.245 e. The van der Waals surface area contributed by atoms with Crippen molar-refractivity contribution in [1.82, 2.24) is 25.8 Å². The molecule has 1 aliphatic rings. The first kappa shape index (κ1) is 44.8. The van der Waals surface area contributed by atoms with Crippen LogP contribution < -0.4 is 16.0 Å². The van der Waals surface area contributed by atoms with Crippen LogP contribution in [-0.2, 0) is 33.4 Å². The molecular weight excluding hydrogens is 666 g/mol. The number of methoxy groups -OCH3 is 3. The fourth-order valence-electron chi connectivity index (χ4n) is 7.26. The van der Waals surface area contributed by atoms with E-state index in [1.165, 1.54) is 14.2 Å². The highest BCUT2D eigenvalue weighted by molar-refractivity contribution is 5.99. The van der Waals surface area contributed by atoms with Gasteiger partial charge in [0.05, 0.1) is 55.3 Å². The lowest BCUT2D eigenvalue weighted by atomic mass is 9.89. The molecule has 2 rings (SSSR count). The standard InChI is InChI=1S/C39H65N5O8/c1-13-25(6)35(43(9)39(49)34(24(4)5)42-38(48)33(40-8)23(2)3)31(51-11)20-32(46)44-22-28(50-10)19-29(44)36(52-12)26(7)37(47)41-21-30(45)27-17-15-14-16-18-27/h14-18,23-26,28-29,31,33-36,40H,13,19-22H2,1-12H3,(H,41,47)(H,42,48)/t25?,26-,28-,29+,31-,33+,34?,35+,36-/m1/s1. The molecule has 1 aliphatic heterocycles. The van der Waals surface area contributed by atoms with Gasteiger partial charge in [-0.15, -0.1) is 0 Å². The number of ketones is 1. The Bertz CT molecular complexity index is 1310. The third kappa shape index (κ3) is 11.6. The molecule has 9 atom stereocenters. The van der Waals surface area contributed by atoms with Gasteiger partial charge in [-0.2, -0.15) is 0 Å². The topological polar surface area (TPSA) is 156 Å². The zero-order chi connectivity index (χ0) is 39.3. The van der Waals surface area contributed by atoms with Crippen LogP contribution in [0.3, 0.4) is 0 Å². The number of hydrogen-bond donors (Lipinski definition) is 3. The molecular formula is C39H65N5O8. The zero-order valence-corrected chi connectivity index (χ0v) is 33.4. The van der Waals surface area contributed by atoms with Crippen LogP contribution in [0.2, 0.25) is 0 Å². The Morgan fingerprint density at radius 3 is 2.02 bits per heavy atom. The fourth-order valence-corrected chi connectivity index (χ4v) is 7.26. The van der Waals surface area contributed by atoms with Crippen LogP contribution in [0.4, 0.5) is 0 Å². The third-order valence-corrected chi connectivity index (χ3v) is 10.6. The van der Waals surface area contributed by atoms with Crippen molar-refractivity contribution in [2.45, 2.75) is 110 Å². The van der Waals surface area contributed by atoms with Gasteiger partial charge in [-0.05, 0) is 31.2 Å². The minimum atomic E-state index is -0.782. The molecule has 1 aromatic carbocycles. The summed E-state index contributed by atoms with van der Waals surface area (Å²) in [6.07, 6.45) is -0.506. The molecule has 2 unspecified atom stereocenters. The van der Waals surface area contributed by atoms with Crippen LogP contribution in [0.15, 0.2) is 30.3 Å². The maximum absolute atomic E-state index is 14.3. The molecule has 0 bridgehead atoms. The predicted octanol–water partition coefficient (Wildman–Crippen LogP) is 2.92. The van der Waals surface area contributed by atoms with Crippen molar-refractivity contribution in [2.24, 2.45) is 23.7 Å². The van der Waals surface area contributed by atoms with E-state index >= 15 is 0 Å². The molecule has 3 N–H and O–H groups in total. The minimum absolute atomic E-state index is 0.0217. The van der Waals surface area contributed by atoms with Crippen LogP contribution >= 0.6 is 0 Å². The Hall–Kier alpha value is -3.39. The first-order valence-corrected chi connectivity index (χ1v) is 18.6. The summed E-state index contributed by atoms with van der Waals surface area (Å²) < 4.78 is 17.6. The molecule has 1 aromatic rings. The molecule has 0 spiro atoms. The van der Waals surface area contributed by atoms with Gasteiger partial charge in [0.2, 0.25) is 23.6 Å². The lowest BCUT2D eigenvalue weighted by Gasteiger charge is -2.41. The van der Waals surface area contributed by atoms with Gasteiger partial charge in [0, 0.05) is 40.5 Å². The smallest absolute Gasteiger partial charge is 0.245 e. The first-order chi connectivity index (χ1) is 24.6. The number of carbonyl (C=O) groups is 5. The van der Waals surface area contributed by atoms with Crippen molar-refractivity contribution in [1.29, 1.82) is 0 Å². The Kier molecular flexibility index (Phi) is 18.4. The van der Waals surface area contributed by atoms with Crippen molar-refractivity contribution in [3.05, 3.63) is 35.9 Å². The number of amides is 4. The Morgan fingerprint density at radius 1 is 0.904 bits per heavy atom. The number of nitrogens with zero attached hydrogens (tertiary/aromatic N) is 2. The molecule has 13 nitrogen and oxygen atoms in total. The molecule has 52 heavy (non-hydrogen) atoms. The SMILES string of the molecule is CCC(C)[C@@H]([C@@H](CC(=O)N1C[C@H](OC)C[C@H]1[C@H](OC)[C@@H](C)C(=O)NCC(=O)c1ccccc1)OC)N(C)C(=O)C(NC(=O)[C@@H](NC)C(C)C)C(C)C. The van der Waals surface area contributed by atoms with Crippen LogP contribution in [0.25, 0.3) is 0 Å². The third-order valence-electron chi connectivity index (χ3n) is 10.6. The van der Waals surface area contributed by atoms with E-state index in [1.807, 2.05) is 47.6 Å². The van der Waals surface area contributed by atoms with E-state index in [0.717, 1.165) is 0 Å². The highest BCUT2D eigenvalue weighted by atomic mass is 16.5. The van der Waals surface area contributed by atoms with Gasteiger partial charge < -0.3 is 40.0 Å². The lowest BCUT2D eigenvalue weighted by Crippen LogP contribution is -2.59. The Balaban J connectivity index is 2.30. The number of rotatable bonds is 21. The molecule has 1 heterocycles. The quantitative estimate of drug-likeness (QED) is 0.162. The molecule has 0 saturated carbocycles. The van der Waals surface area contributed by atoms with E-state index in [9.17, 15) is 24.0 Å². The van der Waals surface area contributed by atoms with Crippen molar-refractivity contribution < 1.29 is 38.2 Å². The highest BCUT2D eigenvalue weighted by Gasteiger charge is 2.45. The number of hydrogen-bond acceptors (Lipinski definition) is 9. The lowest BCUT2D eigenvalue weighted by molar-refractivity contribution is -0.147. The normalized spacial score (nSPS) is 20.1. The van der Waals surface area contributed by atoms with E-state index in [4.69, 9.17) is 14.2 Å². The van der Waals surface area contributed by atoms with E-state index in [-0.39, 0.29) is 66.2 Å². The fraction of sp³-hybridized carbons (Fsp3) is 0.718. The second-order valence-electron chi connectivity index (χ2n) is 14.7. The maximum atomic E-state index is 14.3. The largest absolute Gasteiger partial charge is 0.380 e. The Labute approximate surface area is 311 Å². The number of benzene rings is 1. The predicted molar refractivity (Wildman–Crippen MR) is 201 cm³/mol. The van der Waals surface area contributed by atoms with Crippen molar-refractivity contribution >= 4 is 29.4 Å². The first-order valence-electron chi connectivity index (χ1n) is 18.6.